The lowest BCUT2D eigenvalue weighted by molar-refractivity contribution is 0.0531. The molecule has 0 bridgehead atoms. The number of thiazole rings is 1. The molecule has 126 valence electrons. The van der Waals surface area contributed by atoms with Gasteiger partial charge in [-0.3, -0.25) is 10.1 Å². The fraction of sp³-hybridized carbons (Fsp3) is 0.200. The van der Waals surface area contributed by atoms with Gasteiger partial charge in [-0.25, -0.2) is 14.2 Å². The van der Waals surface area contributed by atoms with Crippen molar-refractivity contribution in [2.24, 2.45) is 0 Å². The van der Waals surface area contributed by atoms with Gasteiger partial charge in [-0.2, -0.15) is 0 Å². The number of halogens is 1. The molecule has 2 N–H and O–H groups in total. The molecule has 1 heterocycles. The van der Waals surface area contributed by atoms with Crippen molar-refractivity contribution in [3.63, 3.8) is 0 Å². The predicted molar refractivity (Wildman–Crippen MR) is 92.9 cm³/mol. The molecular weight excluding hydrogens is 353 g/mol. The first kappa shape index (κ1) is 18.0. The van der Waals surface area contributed by atoms with Crippen LogP contribution in [0.25, 0.3) is 0 Å². The van der Waals surface area contributed by atoms with E-state index in [9.17, 15) is 14.0 Å². The number of ether oxygens (including phenoxy) is 1. The summed E-state index contributed by atoms with van der Waals surface area (Å²) in [6, 6.07) is 5.56. The van der Waals surface area contributed by atoms with Crippen molar-refractivity contribution >= 4 is 45.7 Å². The molecule has 0 unspecified atom stereocenters. The quantitative estimate of drug-likeness (QED) is 0.639. The number of carbonyl (C=O) groups is 2. The van der Waals surface area contributed by atoms with Crippen molar-refractivity contribution in [3.05, 3.63) is 46.2 Å². The monoisotopic (exact) mass is 367 g/mol. The molecule has 0 fully saturated rings. The molecule has 0 aliphatic carbocycles. The molecule has 0 saturated heterocycles. The van der Waals surface area contributed by atoms with E-state index in [1.165, 1.54) is 18.2 Å². The van der Waals surface area contributed by atoms with E-state index in [2.05, 4.69) is 15.6 Å². The molecular formula is C15H14FN3O3S2. The SMILES string of the molecule is CCOC(=O)c1sc(NC(=S)NC(=O)c2ccccc2F)nc1C. The average Bonchev–Trinajstić information content (AvgIpc) is 2.88. The summed E-state index contributed by atoms with van der Waals surface area (Å²) in [7, 11) is 0. The summed E-state index contributed by atoms with van der Waals surface area (Å²) in [4.78, 5) is 28.2. The number of carbonyl (C=O) groups excluding carboxylic acids is 2. The minimum absolute atomic E-state index is 0.0487. The Labute approximate surface area is 147 Å². The lowest BCUT2D eigenvalue weighted by Crippen LogP contribution is -2.34. The zero-order chi connectivity index (χ0) is 17.7. The van der Waals surface area contributed by atoms with Gasteiger partial charge in [0.1, 0.15) is 10.7 Å². The maximum Gasteiger partial charge on any atom is 0.350 e. The van der Waals surface area contributed by atoms with E-state index in [1.807, 2.05) is 0 Å². The van der Waals surface area contributed by atoms with Gasteiger partial charge in [-0.1, -0.05) is 23.5 Å². The normalized spacial score (nSPS) is 10.1. The topological polar surface area (TPSA) is 80.3 Å². The Morgan fingerprint density at radius 3 is 2.75 bits per heavy atom. The van der Waals surface area contributed by atoms with Crippen LogP contribution in [0.15, 0.2) is 24.3 Å². The second kappa shape index (κ2) is 7.93. The average molecular weight is 367 g/mol. The number of esters is 1. The number of aromatic nitrogens is 1. The lowest BCUT2D eigenvalue weighted by atomic mass is 10.2. The summed E-state index contributed by atoms with van der Waals surface area (Å²) in [5, 5.41) is 5.34. The second-order valence-electron chi connectivity index (χ2n) is 4.54. The van der Waals surface area contributed by atoms with E-state index in [1.54, 1.807) is 19.9 Å². The van der Waals surface area contributed by atoms with Crippen LogP contribution in [0.4, 0.5) is 9.52 Å². The standard InChI is InChI=1S/C15H14FN3O3S2/c1-3-22-13(21)11-8(2)17-15(24-11)19-14(23)18-12(20)9-6-4-5-7-10(9)16/h4-7H,3H2,1-2H3,(H2,17,18,19,20,23). The molecule has 0 aliphatic rings. The lowest BCUT2D eigenvalue weighted by Gasteiger charge is -2.07. The van der Waals surface area contributed by atoms with E-state index in [-0.39, 0.29) is 17.3 Å². The maximum atomic E-state index is 13.5. The van der Waals surface area contributed by atoms with Crippen molar-refractivity contribution < 1.29 is 18.7 Å². The third-order valence-corrected chi connectivity index (χ3v) is 4.08. The smallest absolute Gasteiger partial charge is 0.350 e. The summed E-state index contributed by atoms with van der Waals surface area (Å²) in [6.45, 7) is 3.63. The van der Waals surface area contributed by atoms with E-state index >= 15 is 0 Å². The van der Waals surface area contributed by atoms with Crippen LogP contribution in [0.3, 0.4) is 0 Å². The molecule has 0 spiro atoms. The first-order chi connectivity index (χ1) is 11.4. The molecule has 2 rings (SSSR count). The second-order valence-corrected chi connectivity index (χ2v) is 5.95. The van der Waals surface area contributed by atoms with Crippen LogP contribution in [0.1, 0.15) is 32.6 Å². The Hall–Kier alpha value is -2.39. The van der Waals surface area contributed by atoms with Crippen LogP contribution >= 0.6 is 23.6 Å². The van der Waals surface area contributed by atoms with Crippen LogP contribution in [-0.2, 0) is 4.74 Å². The maximum absolute atomic E-state index is 13.5. The highest BCUT2D eigenvalue weighted by Crippen LogP contribution is 2.23. The van der Waals surface area contributed by atoms with Crippen LogP contribution in [-0.4, -0.2) is 28.6 Å². The van der Waals surface area contributed by atoms with Crippen molar-refractivity contribution in [3.8, 4) is 0 Å². The number of hydrogen-bond acceptors (Lipinski definition) is 6. The van der Waals surface area contributed by atoms with Gasteiger partial charge in [0.05, 0.1) is 17.9 Å². The Kier molecular flexibility index (Phi) is 5.93. The van der Waals surface area contributed by atoms with E-state index in [0.29, 0.717) is 15.7 Å². The fourth-order valence-corrected chi connectivity index (χ4v) is 2.90. The van der Waals surface area contributed by atoms with Gasteiger partial charge in [-0.05, 0) is 38.2 Å². The van der Waals surface area contributed by atoms with Crippen molar-refractivity contribution in [1.82, 2.24) is 10.3 Å². The Balaban J connectivity index is 2.03. The largest absolute Gasteiger partial charge is 0.462 e. The minimum Gasteiger partial charge on any atom is -0.462 e. The predicted octanol–water partition coefficient (Wildman–Crippen LogP) is 2.89. The third kappa shape index (κ3) is 4.33. The molecule has 1 aromatic carbocycles. The molecule has 0 atom stereocenters. The number of aryl methyl sites for hydroxylation is 1. The van der Waals surface area contributed by atoms with Crippen LogP contribution in [0, 0.1) is 12.7 Å². The highest BCUT2D eigenvalue weighted by molar-refractivity contribution is 7.80. The summed E-state index contributed by atoms with van der Waals surface area (Å²) in [5.74, 6) is -1.79. The highest BCUT2D eigenvalue weighted by Gasteiger charge is 2.18. The summed E-state index contributed by atoms with van der Waals surface area (Å²) in [5.41, 5.74) is 0.369. The van der Waals surface area contributed by atoms with Gasteiger partial charge in [0.2, 0.25) is 0 Å². The summed E-state index contributed by atoms with van der Waals surface area (Å²) < 4.78 is 18.5. The fourth-order valence-electron chi connectivity index (χ4n) is 1.78. The molecule has 0 aliphatic heterocycles. The van der Waals surface area contributed by atoms with Gasteiger partial charge in [0.25, 0.3) is 5.91 Å². The molecule has 24 heavy (non-hydrogen) atoms. The number of hydrogen-bond donors (Lipinski definition) is 2. The number of nitrogens with zero attached hydrogens (tertiary/aromatic N) is 1. The number of amides is 1. The summed E-state index contributed by atoms with van der Waals surface area (Å²) >= 11 is 6.06. The number of benzene rings is 1. The van der Waals surface area contributed by atoms with Gasteiger partial charge in [0, 0.05) is 0 Å². The number of thiocarbonyl (C=S) groups is 1. The van der Waals surface area contributed by atoms with Crippen molar-refractivity contribution in [2.45, 2.75) is 13.8 Å². The number of nitrogens with one attached hydrogen (secondary N) is 2. The van der Waals surface area contributed by atoms with Crippen LogP contribution in [0.5, 0.6) is 0 Å². The molecule has 6 nitrogen and oxygen atoms in total. The Morgan fingerprint density at radius 1 is 1.38 bits per heavy atom. The van der Waals surface area contributed by atoms with E-state index < -0.39 is 17.7 Å². The molecule has 1 aromatic heterocycles. The molecule has 2 aromatic rings. The van der Waals surface area contributed by atoms with Crippen LogP contribution in [0.2, 0.25) is 0 Å². The Bertz CT molecular complexity index is 792. The number of rotatable bonds is 4. The molecule has 0 saturated carbocycles. The van der Waals surface area contributed by atoms with Crippen LogP contribution < -0.4 is 10.6 Å². The highest BCUT2D eigenvalue weighted by atomic mass is 32.1. The molecule has 0 radical (unpaired) electrons. The van der Waals surface area contributed by atoms with Gasteiger partial charge >= 0.3 is 5.97 Å². The minimum atomic E-state index is -0.676. The van der Waals surface area contributed by atoms with E-state index in [4.69, 9.17) is 17.0 Å². The zero-order valence-electron chi connectivity index (χ0n) is 12.9. The Morgan fingerprint density at radius 2 is 2.08 bits per heavy atom. The first-order valence-electron chi connectivity index (χ1n) is 6.93. The van der Waals surface area contributed by atoms with Gasteiger partial charge in [0.15, 0.2) is 10.2 Å². The molecule has 1 amide bonds. The third-order valence-electron chi connectivity index (χ3n) is 2.82. The molecule has 9 heteroatoms. The first-order valence-corrected chi connectivity index (χ1v) is 8.16. The summed E-state index contributed by atoms with van der Waals surface area (Å²) in [6.07, 6.45) is 0. The number of anilines is 1. The van der Waals surface area contributed by atoms with Crippen molar-refractivity contribution in [1.29, 1.82) is 0 Å². The van der Waals surface area contributed by atoms with Gasteiger partial charge < -0.3 is 10.1 Å². The van der Waals surface area contributed by atoms with E-state index in [0.717, 1.165) is 11.3 Å². The zero-order valence-corrected chi connectivity index (χ0v) is 14.5. The van der Waals surface area contributed by atoms with Gasteiger partial charge in [-0.15, -0.1) is 0 Å². The van der Waals surface area contributed by atoms with Crippen molar-refractivity contribution in [2.75, 3.05) is 11.9 Å².